The molecule has 0 saturated heterocycles. The van der Waals surface area contributed by atoms with Gasteiger partial charge in [-0.05, 0) is 31.9 Å². The van der Waals surface area contributed by atoms with Crippen molar-refractivity contribution in [3.05, 3.63) is 45.6 Å². The summed E-state index contributed by atoms with van der Waals surface area (Å²) in [5.74, 6) is 0.523. The van der Waals surface area contributed by atoms with E-state index >= 15 is 0 Å². The van der Waals surface area contributed by atoms with Crippen molar-refractivity contribution in [1.29, 1.82) is 0 Å². The highest BCUT2D eigenvalue weighted by molar-refractivity contribution is 5.97. The molecule has 1 N–H and O–H groups in total. The van der Waals surface area contributed by atoms with Crippen LogP contribution in [0.5, 0.6) is 5.75 Å². The van der Waals surface area contributed by atoms with Gasteiger partial charge in [-0.15, -0.1) is 0 Å². The molecular weight excluding hydrogens is 280 g/mol. The smallest absolute Gasteiger partial charge is 0.278 e. The van der Waals surface area contributed by atoms with Gasteiger partial charge in [-0.25, -0.2) is 4.68 Å². The predicted molar refractivity (Wildman–Crippen MR) is 85.2 cm³/mol. The third-order valence-electron chi connectivity index (χ3n) is 3.98. The van der Waals surface area contributed by atoms with Gasteiger partial charge in [-0.1, -0.05) is 19.1 Å². The molecule has 0 spiro atoms. The first kappa shape index (κ1) is 14.4. The maximum absolute atomic E-state index is 12.5. The second kappa shape index (κ2) is 5.02. The van der Waals surface area contributed by atoms with Gasteiger partial charge in [-0.3, -0.25) is 4.79 Å². The number of fused-ring (bicyclic) bond motifs is 1. The van der Waals surface area contributed by atoms with E-state index in [0.29, 0.717) is 17.0 Å². The number of furan rings is 1. The van der Waals surface area contributed by atoms with Crippen molar-refractivity contribution in [3.63, 3.8) is 0 Å². The summed E-state index contributed by atoms with van der Waals surface area (Å²) in [6, 6.07) is 5.92. The van der Waals surface area contributed by atoms with Crippen LogP contribution in [0.2, 0.25) is 0 Å². The molecule has 114 valence electrons. The highest BCUT2D eigenvalue weighted by Crippen LogP contribution is 2.37. The summed E-state index contributed by atoms with van der Waals surface area (Å²) in [5, 5.41) is 15.2. The van der Waals surface area contributed by atoms with Crippen molar-refractivity contribution >= 4 is 11.0 Å². The Morgan fingerprint density at radius 2 is 2.00 bits per heavy atom. The van der Waals surface area contributed by atoms with Crippen LogP contribution >= 0.6 is 0 Å². The molecule has 2 aromatic heterocycles. The third-order valence-corrected chi connectivity index (χ3v) is 3.98. The quantitative estimate of drug-likeness (QED) is 0.789. The molecule has 5 nitrogen and oxygen atoms in total. The van der Waals surface area contributed by atoms with Crippen LogP contribution in [0.25, 0.3) is 22.1 Å². The Bertz CT molecular complexity index is 935. The van der Waals surface area contributed by atoms with Crippen molar-refractivity contribution in [2.24, 2.45) is 7.05 Å². The van der Waals surface area contributed by atoms with Gasteiger partial charge in [0.2, 0.25) is 0 Å². The predicted octanol–water partition coefficient (Wildman–Crippen LogP) is 3.08. The zero-order valence-electron chi connectivity index (χ0n) is 13.1. The minimum absolute atomic E-state index is 0.0894. The standard InChI is InChI=1S/C17H18N2O3/c1-5-11-6-7-12-13(8-11)22-10(3)14(12)15-16(20)9(2)18-19(4)17(15)21/h6-8,20H,5H2,1-4H3. The number of aryl methyl sites for hydroxylation is 4. The topological polar surface area (TPSA) is 68.3 Å². The molecule has 1 aromatic carbocycles. The van der Waals surface area contributed by atoms with Gasteiger partial charge < -0.3 is 9.52 Å². The maximum Gasteiger partial charge on any atom is 0.278 e. The van der Waals surface area contributed by atoms with Crippen LogP contribution in [0.1, 0.15) is 23.9 Å². The molecule has 0 unspecified atom stereocenters. The fourth-order valence-corrected chi connectivity index (χ4v) is 2.78. The summed E-state index contributed by atoms with van der Waals surface area (Å²) in [6.45, 7) is 5.55. The Morgan fingerprint density at radius 1 is 1.27 bits per heavy atom. The molecule has 2 heterocycles. The Balaban J connectivity index is 2.41. The maximum atomic E-state index is 12.5. The van der Waals surface area contributed by atoms with Crippen LogP contribution in [-0.2, 0) is 13.5 Å². The molecule has 0 atom stereocenters. The van der Waals surface area contributed by atoms with E-state index in [4.69, 9.17) is 4.42 Å². The van der Waals surface area contributed by atoms with E-state index < -0.39 is 0 Å². The molecule has 0 aliphatic rings. The number of hydrogen-bond acceptors (Lipinski definition) is 4. The van der Waals surface area contributed by atoms with Crippen LogP contribution in [0.4, 0.5) is 0 Å². The van der Waals surface area contributed by atoms with Crippen molar-refractivity contribution in [1.82, 2.24) is 9.78 Å². The molecule has 5 heteroatoms. The summed E-state index contributed by atoms with van der Waals surface area (Å²) in [6.07, 6.45) is 0.909. The van der Waals surface area contributed by atoms with E-state index in [9.17, 15) is 9.90 Å². The Morgan fingerprint density at radius 3 is 2.68 bits per heavy atom. The molecule has 0 bridgehead atoms. The van der Waals surface area contributed by atoms with Crippen molar-refractivity contribution in [2.75, 3.05) is 0 Å². The molecule has 0 aliphatic heterocycles. The van der Waals surface area contributed by atoms with Crippen molar-refractivity contribution in [2.45, 2.75) is 27.2 Å². The highest BCUT2D eigenvalue weighted by Gasteiger charge is 2.22. The van der Waals surface area contributed by atoms with Crippen LogP contribution < -0.4 is 5.56 Å². The average Bonchev–Trinajstić information content (AvgIpc) is 2.81. The van der Waals surface area contributed by atoms with E-state index in [1.165, 1.54) is 4.68 Å². The summed E-state index contributed by atoms with van der Waals surface area (Å²) >= 11 is 0. The van der Waals surface area contributed by atoms with Crippen LogP contribution in [0.15, 0.2) is 27.4 Å². The van der Waals surface area contributed by atoms with Gasteiger partial charge in [-0.2, -0.15) is 5.10 Å². The van der Waals surface area contributed by atoms with E-state index in [-0.39, 0.29) is 16.9 Å². The largest absolute Gasteiger partial charge is 0.505 e. The fourth-order valence-electron chi connectivity index (χ4n) is 2.78. The summed E-state index contributed by atoms with van der Waals surface area (Å²) in [4.78, 5) is 12.5. The molecule has 0 saturated carbocycles. The van der Waals surface area contributed by atoms with Gasteiger partial charge in [0.25, 0.3) is 5.56 Å². The summed E-state index contributed by atoms with van der Waals surface area (Å²) in [5.41, 5.74) is 2.85. The molecule has 0 radical (unpaired) electrons. The Kier molecular flexibility index (Phi) is 3.28. The lowest BCUT2D eigenvalue weighted by Crippen LogP contribution is -2.22. The van der Waals surface area contributed by atoms with Gasteiger partial charge in [0.05, 0.1) is 5.56 Å². The monoisotopic (exact) mass is 298 g/mol. The van der Waals surface area contributed by atoms with E-state index in [2.05, 4.69) is 12.0 Å². The highest BCUT2D eigenvalue weighted by atomic mass is 16.3. The van der Waals surface area contributed by atoms with Crippen LogP contribution in [0.3, 0.4) is 0 Å². The fraction of sp³-hybridized carbons (Fsp3) is 0.294. The zero-order chi connectivity index (χ0) is 16.0. The minimum atomic E-state index is -0.339. The molecule has 0 fully saturated rings. The van der Waals surface area contributed by atoms with Gasteiger partial charge in [0.1, 0.15) is 17.0 Å². The second-order valence-electron chi connectivity index (χ2n) is 5.46. The average molecular weight is 298 g/mol. The first-order valence-corrected chi connectivity index (χ1v) is 7.23. The summed E-state index contributed by atoms with van der Waals surface area (Å²) < 4.78 is 7.05. The molecule has 3 aromatic rings. The van der Waals surface area contributed by atoms with E-state index in [1.54, 1.807) is 20.9 Å². The second-order valence-corrected chi connectivity index (χ2v) is 5.46. The molecular formula is C17H18N2O3. The number of hydrogen-bond donors (Lipinski definition) is 1. The van der Waals surface area contributed by atoms with Crippen LogP contribution in [0, 0.1) is 13.8 Å². The first-order valence-electron chi connectivity index (χ1n) is 7.23. The normalized spacial score (nSPS) is 11.3. The number of nitrogens with zero attached hydrogens (tertiary/aromatic N) is 2. The summed E-state index contributed by atoms with van der Waals surface area (Å²) in [7, 11) is 1.57. The lowest BCUT2D eigenvalue weighted by molar-refractivity contribution is 0.460. The lowest BCUT2D eigenvalue weighted by Gasteiger charge is -2.08. The number of rotatable bonds is 2. The van der Waals surface area contributed by atoms with E-state index in [1.807, 2.05) is 18.2 Å². The number of benzene rings is 1. The molecule has 0 amide bonds. The third kappa shape index (κ3) is 2.01. The molecule has 22 heavy (non-hydrogen) atoms. The lowest BCUT2D eigenvalue weighted by atomic mass is 10.0. The van der Waals surface area contributed by atoms with Gasteiger partial charge >= 0.3 is 0 Å². The number of aromatic hydroxyl groups is 1. The molecule has 0 aliphatic carbocycles. The Hall–Kier alpha value is -2.56. The van der Waals surface area contributed by atoms with E-state index in [0.717, 1.165) is 23.0 Å². The first-order chi connectivity index (χ1) is 10.4. The zero-order valence-corrected chi connectivity index (χ0v) is 13.1. The van der Waals surface area contributed by atoms with Gasteiger partial charge in [0, 0.05) is 18.0 Å². The van der Waals surface area contributed by atoms with Crippen molar-refractivity contribution in [3.8, 4) is 16.9 Å². The van der Waals surface area contributed by atoms with Crippen molar-refractivity contribution < 1.29 is 9.52 Å². The van der Waals surface area contributed by atoms with Crippen LogP contribution in [-0.4, -0.2) is 14.9 Å². The SMILES string of the molecule is CCc1ccc2c(-c3c(O)c(C)nn(C)c3=O)c(C)oc2c1. The Labute approximate surface area is 127 Å². The minimum Gasteiger partial charge on any atom is -0.505 e. The number of aromatic nitrogens is 2. The molecule has 3 rings (SSSR count). The van der Waals surface area contributed by atoms with Gasteiger partial charge in [0.15, 0.2) is 5.75 Å².